The van der Waals surface area contributed by atoms with E-state index in [0.717, 1.165) is 44.3 Å². The van der Waals surface area contributed by atoms with Gasteiger partial charge in [-0.3, -0.25) is 4.90 Å². The minimum Gasteiger partial charge on any atom is -0.459 e. The second-order valence-corrected chi connectivity index (χ2v) is 9.56. The van der Waals surface area contributed by atoms with E-state index in [1.54, 1.807) is 18.3 Å². The summed E-state index contributed by atoms with van der Waals surface area (Å²) >= 11 is 1.87. The van der Waals surface area contributed by atoms with Crippen molar-refractivity contribution in [1.29, 1.82) is 0 Å². The number of pyridine rings is 1. The van der Waals surface area contributed by atoms with E-state index < -0.39 is 0 Å². The number of hydrogen-bond donors (Lipinski definition) is 0. The van der Waals surface area contributed by atoms with Crippen molar-refractivity contribution in [1.82, 2.24) is 9.88 Å². The van der Waals surface area contributed by atoms with Crippen LogP contribution in [-0.4, -0.2) is 48.1 Å². The maximum absolute atomic E-state index is 12.5. The Hall–Kier alpha value is -2.54. The third-order valence-corrected chi connectivity index (χ3v) is 6.68. The molecule has 2 heterocycles. The van der Waals surface area contributed by atoms with E-state index in [2.05, 4.69) is 69.4 Å². The summed E-state index contributed by atoms with van der Waals surface area (Å²) in [6.07, 6.45) is 1.59. The molecule has 0 saturated carbocycles. The van der Waals surface area contributed by atoms with Crippen molar-refractivity contribution in [3.63, 3.8) is 0 Å². The van der Waals surface area contributed by atoms with Crippen LogP contribution in [0.15, 0.2) is 77.8 Å². The average Bonchev–Trinajstić information content (AvgIpc) is 2.84. The molecule has 0 N–H and O–H groups in total. The van der Waals surface area contributed by atoms with Crippen molar-refractivity contribution in [2.45, 2.75) is 37.1 Å². The van der Waals surface area contributed by atoms with Gasteiger partial charge >= 0.3 is 5.97 Å². The number of esters is 1. The number of hydrogen-bond acceptors (Lipinski definition) is 6. The molecule has 0 radical (unpaired) electrons. The first kappa shape index (κ1) is 26.1. The van der Waals surface area contributed by atoms with Gasteiger partial charge in [0.15, 0.2) is 0 Å². The molecule has 180 valence electrons. The Morgan fingerprint density at radius 1 is 0.941 bits per heavy atom. The van der Waals surface area contributed by atoms with Gasteiger partial charge in [0.25, 0.3) is 0 Å². The van der Waals surface area contributed by atoms with Crippen LogP contribution in [0, 0.1) is 0 Å². The zero-order valence-corrected chi connectivity index (χ0v) is 21.4. The van der Waals surface area contributed by atoms with Crippen LogP contribution in [0.3, 0.4) is 0 Å². The molecule has 1 saturated heterocycles. The van der Waals surface area contributed by atoms with Gasteiger partial charge in [-0.2, -0.15) is 0 Å². The van der Waals surface area contributed by atoms with Crippen LogP contribution in [-0.2, 0) is 17.0 Å². The smallest absolute Gasteiger partial charge is 0.342 e. The number of anilines is 1. The molecule has 1 aliphatic heterocycles. The number of carbonyl (C=O) groups is 1. The molecule has 0 amide bonds. The standard InChI is InChI=1S/C27H31N3O2S.ClH/c1-21(2)32-27(31)25-9-6-14-28-26(25)30-17-15-29(16-18-30)19-22-10-12-24(13-11-22)33-20-23-7-4-3-5-8-23;/h3-14,21H,15-20H2,1-2H3;1H. The monoisotopic (exact) mass is 497 g/mol. The van der Waals surface area contributed by atoms with E-state index in [-0.39, 0.29) is 24.5 Å². The molecule has 1 aliphatic rings. The maximum atomic E-state index is 12.5. The Bertz CT molecular complexity index is 1040. The minimum absolute atomic E-state index is 0. The van der Waals surface area contributed by atoms with Gasteiger partial charge < -0.3 is 9.64 Å². The van der Waals surface area contributed by atoms with E-state index in [9.17, 15) is 4.79 Å². The van der Waals surface area contributed by atoms with Crippen molar-refractivity contribution in [3.05, 3.63) is 89.6 Å². The predicted octanol–water partition coefficient (Wildman–Crippen LogP) is 5.68. The summed E-state index contributed by atoms with van der Waals surface area (Å²) in [6.45, 7) is 8.19. The molecule has 0 aliphatic carbocycles. The van der Waals surface area contributed by atoms with Crippen LogP contribution >= 0.6 is 24.2 Å². The first-order valence-electron chi connectivity index (χ1n) is 11.5. The van der Waals surface area contributed by atoms with Gasteiger partial charge in [-0.15, -0.1) is 24.2 Å². The number of piperazine rings is 1. The molecule has 0 bridgehead atoms. The topological polar surface area (TPSA) is 45.7 Å². The summed E-state index contributed by atoms with van der Waals surface area (Å²) in [7, 11) is 0. The van der Waals surface area contributed by atoms with Gasteiger partial charge in [-0.25, -0.2) is 9.78 Å². The summed E-state index contributed by atoms with van der Waals surface area (Å²) in [4.78, 5) is 22.9. The highest BCUT2D eigenvalue weighted by atomic mass is 35.5. The summed E-state index contributed by atoms with van der Waals surface area (Å²) in [6, 6.07) is 23.1. The molecule has 1 aromatic heterocycles. The number of rotatable bonds is 8. The summed E-state index contributed by atoms with van der Waals surface area (Å²) in [5.41, 5.74) is 3.22. The van der Waals surface area contributed by atoms with Gasteiger partial charge in [-0.05, 0) is 49.2 Å². The summed E-state index contributed by atoms with van der Waals surface area (Å²) in [5, 5.41) is 0. The number of ether oxygens (including phenoxy) is 1. The zero-order valence-electron chi connectivity index (χ0n) is 19.7. The third kappa shape index (κ3) is 7.23. The Kier molecular flexibility index (Phi) is 9.81. The van der Waals surface area contributed by atoms with Crippen molar-refractivity contribution in [2.24, 2.45) is 0 Å². The van der Waals surface area contributed by atoms with Crippen molar-refractivity contribution in [3.8, 4) is 0 Å². The second-order valence-electron chi connectivity index (χ2n) is 8.51. The van der Waals surface area contributed by atoms with Crippen molar-refractivity contribution in [2.75, 3.05) is 31.1 Å². The fraction of sp³-hybridized carbons (Fsp3) is 0.333. The van der Waals surface area contributed by atoms with E-state index in [4.69, 9.17) is 4.74 Å². The average molecular weight is 498 g/mol. The number of thioether (sulfide) groups is 1. The molecule has 5 nitrogen and oxygen atoms in total. The molecule has 7 heteroatoms. The fourth-order valence-corrected chi connectivity index (χ4v) is 4.75. The van der Waals surface area contributed by atoms with Crippen LogP contribution in [0.1, 0.15) is 35.3 Å². The molecule has 3 aromatic rings. The van der Waals surface area contributed by atoms with Gasteiger partial charge in [-0.1, -0.05) is 42.5 Å². The van der Waals surface area contributed by atoms with Crippen molar-refractivity contribution >= 4 is 36.0 Å². The lowest BCUT2D eigenvalue weighted by molar-refractivity contribution is 0.0378. The molecule has 34 heavy (non-hydrogen) atoms. The number of nitrogens with zero attached hydrogens (tertiary/aromatic N) is 3. The minimum atomic E-state index is -0.305. The Morgan fingerprint density at radius 3 is 2.32 bits per heavy atom. The maximum Gasteiger partial charge on any atom is 0.342 e. The van der Waals surface area contributed by atoms with E-state index in [1.807, 2.05) is 25.6 Å². The summed E-state index contributed by atoms with van der Waals surface area (Å²) < 4.78 is 5.40. The highest BCUT2D eigenvalue weighted by molar-refractivity contribution is 7.98. The van der Waals surface area contributed by atoms with Crippen molar-refractivity contribution < 1.29 is 9.53 Å². The Morgan fingerprint density at radius 2 is 1.65 bits per heavy atom. The van der Waals surface area contributed by atoms with Crippen LogP contribution < -0.4 is 4.90 Å². The van der Waals surface area contributed by atoms with Crippen LogP contribution in [0.25, 0.3) is 0 Å². The molecule has 1 fully saturated rings. The van der Waals surface area contributed by atoms with Gasteiger partial charge in [0.1, 0.15) is 11.4 Å². The fourth-order valence-electron chi connectivity index (χ4n) is 3.89. The normalized spacial score (nSPS) is 14.0. The van der Waals surface area contributed by atoms with E-state index >= 15 is 0 Å². The lowest BCUT2D eigenvalue weighted by Gasteiger charge is -2.36. The highest BCUT2D eigenvalue weighted by Crippen LogP contribution is 2.24. The van der Waals surface area contributed by atoms with Crippen LogP contribution in [0.2, 0.25) is 0 Å². The highest BCUT2D eigenvalue weighted by Gasteiger charge is 2.23. The predicted molar refractivity (Wildman–Crippen MR) is 142 cm³/mol. The summed E-state index contributed by atoms with van der Waals surface area (Å²) in [5.74, 6) is 1.41. The van der Waals surface area contributed by atoms with Crippen LogP contribution in [0.4, 0.5) is 5.82 Å². The molecular weight excluding hydrogens is 466 g/mol. The first-order valence-corrected chi connectivity index (χ1v) is 12.5. The Balaban J connectivity index is 0.00000324. The van der Waals surface area contributed by atoms with E-state index in [1.165, 1.54) is 16.0 Å². The van der Waals surface area contributed by atoms with E-state index in [0.29, 0.717) is 5.56 Å². The zero-order chi connectivity index (χ0) is 23.0. The second kappa shape index (κ2) is 12.8. The number of carbonyl (C=O) groups excluding carboxylic acids is 1. The van der Waals surface area contributed by atoms with Crippen LogP contribution in [0.5, 0.6) is 0 Å². The number of benzene rings is 2. The molecule has 0 spiro atoms. The van der Waals surface area contributed by atoms with Gasteiger partial charge in [0.05, 0.1) is 6.10 Å². The molecule has 4 rings (SSSR count). The molecule has 0 unspecified atom stereocenters. The third-order valence-electron chi connectivity index (χ3n) is 5.60. The molecule has 0 atom stereocenters. The SMILES string of the molecule is CC(C)OC(=O)c1cccnc1N1CCN(Cc2ccc(SCc3ccccc3)cc2)CC1.Cl. The number of aromatic nitrogens is 1. The van der Waals surface area contributed by atoms with Gasteiger partial charge in [0.2, 0.25) is 0 Å². The van der Waals surface area contributed by atoms with Gasteiger partial charge in [0, 0.05) is 49.6 Å². The lowest BCUT2D eigenvalue weighted by Crippen LogP contribution is -2.46. The number of halogens is 1. The molecule has 2 aromatic carbocycles. The first-order chi connectivity index (χ1) is 16.1. The lowest BCUT2D eigenvalue weighted by atomic mass is 10.2. The largest absolute Gasteiger partial charge is 0.459 e. The molecular formula is C27H32ClN3O2S. The Labute approximate surface area is 212 Å². The quantitative estimate of drug-likeness (QED) is 0.294.